The van der Waals surface area contributed by atoms with Crippen LogP contribution >= 0.6 is 11.8 Å². The summed E-state index contributed by atoms with van der Waals surface area (Å²) in [4.78, 5) is 0. The monoisotopic (exact) mass is 188 g/mol. The molecule has 2 atom stereocenters. The van der Waals surface area contributed by atoms with Gasteiger partial charge in [-0.15, -0.1) is 0 Å². The molecule has 1 rings (SSSR count). The van der Waals surface area contributed by atoms with Crippen LogP contribution in [0.2, 0.25) is 0 Å². The maximum atomic E-state index is 5.80. The Kier molecular flexibility index (Phi) is 3.87. The second-order valence-corrected chi connectivity index (χ2v) is 4.85. The highest BCUT2D eigenvalue weighted by Gasteiger charge is 2.33. The van der Waals surface area contributed by atoms with Crippen LogP contribution in [0.5, 0.6) is 0 Å². The predicted octanol–water partition coefficient (Wildman–Crippen LogP) is 1.21. The molecule has 72 valence electrons. The third-order valence-electron chi connectivity index (χ3n) is 2.66. The lowest BCUT2D eigenvalue weighted by molar-refractivity contribution is 0.327. The van der Waals surface area contributed by atoms with Crippen molar-refractivity contribution < 1.29 is 0 Å². The molecule has 0 bridgehead atoms. The summed E-state index contributed by atoms with van der Waals surface area (Å²) in [6.45, 7) is 5.23. The lowest BCUT2D eigenvalue weighted by Gasteiger charge is -2.31. The van der Waals surface area contributed by atoms with Crippen LogP contribution in [0.1, 0.15) is 26.7 Å². The van der Waals surface area contributed by atoms with Crippen molar-refractivity contribution in [2.45, 2.75) is 38.3 Å². The Morgan fingerprint density at radius 3 is 2.83 bits per heavy atom. The molecule has 3 heteroatoms. The quantitative estimate of drug-likeness (QED) is 0.696. The smallest absolute Gasteiger partial charge is 0.0405 e. The lowest BCUT2D eigenvalue weighted by Crippen LogP contribution is -2.54. The van der Waals surface area contributed by atoms with Crippen molar-refractivity contribution in [3.8, 4) is 0 Å². The Morgan fingerprint density at radius 1 is 1.67 bits per heavy atom. The van der Waals surface area contributed by atoms with E-state index >= 15 is 0 Å². The summed E-state index contributed by atoms with van der Waals surface area (Å²) >= 11 is 2.02. The van der Waals surface area contributed by atoms with E-state index in [4.69, 9.17) is 5.73 Å². The van der Waals surface area contributed by atoms with Crippen molar-refractivity contribution in [2.75, 3.05) is 18.1 Å². The van der Waals surface area contributed by atoms with Crippen LogP contribution in [-0.2, 0) is 0 Å². The van der Waals surface area contributed by atoms with Gasteiger partial charge in [-0.1, -0.05) is 6.92 Å². The zero-order valence-corrected chi connectivity index (χ0v) is 8.91. The Labute approximate surface area is 79.7 Å². The molecule has 12 heavy (non-hydrogen) atoms. The molecule has 1 aliphatic rings. The molecule has 0 radical (unpaired) electrons. The maximum absolute atomic E-state index is 5.80. The Hall–Kier alpha value is 0.270. The summed E-state index contributed by atoms with van der Waals surface area (Å²) in [6.07, 6.45) is 2.42. The lowest BCUT2D eigenvalue weighted by atomic mass is 9.97. The van der Waals surface area contributed by atoms with Gasteiger partial charge in [0.15, 0.2) is 0 Å². The molecule has 1 aliphatic heterocycles. The zero-order valence-electron chi connectivity index (χ0n) is 8.10. The predicted molar refractivity (Wildman–Crippen MR) is 56.6 cm³/mol. The van der Waals surface area contributed by atoms with Gasteiger partial charge in [-0.3, -0.25) is 0 Å². The molecule has 0 saturated carbocycles. The standard InChI is InChI=1S/C9H20N2S/c1-3-8(2)11-9(6-10)4-5-12-7-9/h8,11H,3-7,10H2,1-2H3. The summed E-state index contributed by atoms with van der Waals surface area (Å²) in [5.74, 6) is 2.45. The van der Waals surface area contributed by atoms with Crippen molar-refractivity contribution in [3.63, 3.8) is 0 Å². The first-order chi connectivity index (χ1) is 5.72. The van der Waals surface area contributed by atoms with Crippen molar-refractivity contribution in [2.24, 2.45) is 5.73 Å². The average molecular weight is 188 g/mol. The minimum atomic E-state index is 0.250. The second-order valence-electron chi connectivity index (χ2n) is 3.74. The van der Waals surface area contributed by atoms with Crippen molar-refractivity contribution in [1.82, 2.24) is 5.32 Å². The highest BCUT2D eigenvalue weighted by Crippen LogP contribution is 2.27. The SMILES string of the molecule is CCC(C)NC1(CN)CCSC1. The maximum Gasteiger partial charge on any atom is 0.0405 e. The number of rotatable bonds is 4. The first-order valence-electron chi connectivity index (χ1n) is 4.78. The number of hydrogen-bond donors (Lipinski definition) is 2. The fourth-order valence-electron chi connectivity index (χ4n) is 1.57. The molecular formula is C9H20N2S. The van der Waals surface area contributed by atoms with Crippen LogP contribution in [-0.4, -0.2) is 29.6 Å². The van der Waals surface area contributed by atoms with Crippen LogP contribution in [0.15, 0.2) is 0 Å². The van der Waals surface area contributed by atoms with Crippen LogP contribution in [0.3, 0.4) is 0 Å². The van der Waals surface area contributed by atoms with Gasteiger partial charge in [0.25, 0.3) is 0 Å². The molecule has 1 saturated heterocycles. The summed E-state index contributed by atoms with van der Waals surface area (Å²) < 4.78 is 0. The number of nitrogens with one attached hydrogen (secondary N) is 1. The van der Waals surface area contributed by atoms with Crippen molar-refractivity contribution in [3.05, 3.63) is 0 Å². The topological polar surface area (TPSA) is 38.0 Å². The van der Waals surface area contributed by atoms with E-state index in [1.165, 1.54) is 24.3 Å². The molecule has 2 unspecified atom stereocenters. The van der Waals surface area contributed by atoms with E-state index < -0.39 is 0 Å². The average Bonchev–Trinajstić information content (AvgIpc) is 2.54. The highest BCUT2D eigenvalue weighted by molar-refractivity contribution is 7.99. The van der Waals surface area contributed by atoms with Gasteiger partial charge in [0.2, 0.25) is 0 Å². The number of hydrogen-bond acceptors (Lipinski definition) is 3. The van der Waals surface area contributed by atoms with Crippen LogP contribution in [0, 0.1) is 0 Å². The van der Waals surface area contributed by atoms with Gasteiger partial charge in [-0.05, 0) is 25.5 Å². The third-order valence-corrected chi connectivity index (χ3v) is 3.91. The van der Waals surface area contributed by atoms with E-state index in [-0.39, 0.29) is 5.54 Å². The summed E-state index contributed by atoms with van der Waals surface area (Å²) in [5.41, 5.74) is 6.05. The second kappa shape index (κ2) is 4.49. The molecule has 0 aromatic carbocycles. The molecule has 0 amide bonds. The van der Waals surface area contributed by atoms with Gasteiger partial charge < -0.3 is 11.1 Å². The van der Waals surface area contributed by atoms with E-state index in [2.05, 4.69) is 19.2 Å². The molecule has 1 fully saturated rings. The van der Waals surface area contributed by atoms with Gasteiger partial charge in [0.1, 0.15) is 0 Å². The van der Waals surface area contributed by atoms with Crippen LogP contribution in [0.4, 0.5) is 0 Å². The zero-order chi connectivity index (χ0) is 9.03. The van der Waals surface area contributed by atoms with E-state index in [1.54, 1.807) is 0 Å². The van der Waals surface area contributed by atoms with E-state index in [1.807, 2.05) is 11.8 Å². The van der Waals surface area contributed by atoms with Gasteiger partial charge in [-0.2, -0.15) is 11.8 Å². The number of thioether (sulfide) groups is 1. The molecular weight excluding hydrogens is 168 g/mol. The minimum absolute atomic E-state index is 0.250. The molecule has 0 aliphatic carbocycles. The first kappa shape index (κ1) is 10.4. The Balaban J connectivity index is 2.43. The fourth-order valence-corrected chi connectivity index (χ4v) is 2.98. The minimum Gasteiger partial charge on any atom is -0.329 e. The largest absolute Gasteiger partial charge is 0.329 e. The van der Waals surface area contributed by atoms with Gasteiger partial charge >= 0.3 is 0 Å². The Bertz CT molecular complexity index is 132. The first-order valence-corrected chi connectivity index (χ1v) is 5.93. The van der Waals surface area contributed by atoms with Crippen molar-refractivity contribution >= 4 is 11.8 Å². The highest BCUT2D eigenvalue weighted by atomic mass is 32.2. The summed E-state index contributed by atoms with van der Waals surface area (Å²) in [7, 11) is 0. The van der Waals surface area contributed by atoms with E-state index in [9.17, 15) is 0 Å². The van der Waals surface area contributed by atoms with Crippen molar-refractivity contribution in [1.29, 1.82) is 0 Å². The molecule has 0 aromatic rings. The van der Waals surface area contributed by atoms with Crippen LogP contribution in [0.25, 0.3) is 0 Å². The fraction of sp³-hybridized carbons (Fsp3) is 1.00. The molecule has 3 N–H and O–H groups in total. The molecule has 1 heterocycles. The molecule has 2 nitrogen and oxygen atoms in total. The van der Waals surface area contributed by atoms with Gasteiger partial charge in [0, 0.05) is 23.9 Å². The van der Waals surface area contributed by atoms with Gasteiger partial charge in [0.05, 0.1) is 0 Å². The normalized spacial score (nSPS) is 32.2. The Morgan fingerprint density at radius 2 is 2.42 bits per heavy atom. The molecule has 0 spiro atoms. The third kappa shape index (κ3) is 2.38. The summed E-state index contributed by atoms with van der Waals surface area (Å²) in [5, 5.41) is 3.65. The summed E-state index contributed by atoms with van der Waals surface area (Å²) in [6, 6.07) is 0.604. The van der Waals surface area contributed by atoms with Gasteiger partial charge in [-0.25, -0.2) is 0 Å². The number of nitrogens with two attached hydrogens (primary N) is 1. The van der Waals surface area contributed by atoms with E-state index in [0.717, 1.165) is 6.54 Å². The molecule has 0 aromatic heterocycles. The van der Waals surface area contributed by atoms with Crippen LogP contribution < -0.4 is 11.1 Å². The van der Waals surface area contributed by atoms with E-state index in [0.29, 0.717) is 6.04 Å².